The highest BCUT2D eigenvalue weighted by molar-refractivity contribution is 7.71. The van der Waals surface area contributed by atoms with Crippen LogP contribution in [0.5, 0.6) is 0 Å². The van der Waals surface area contributed by atoms with Gasteiger partial charge in [0.1, 0.15) is 41.4 Å². The third-order valence-electron chi connectivity index (χ3n) is 3.24. The molecule has 1 fully saturated rings. The number of aromatic amines is 1. The molecule has 0 aromatic carbocycles. The zero-order valence-corrected chi connectivity index (χ0v) is 11.6. The van der Waals surface area contributed by atoms with Crippen LogP contribution in [0.25, 0.3) is 0 Å². The molecule has 0 unspecified atom stereocenters. The van der Waals surface area contributed by atoms with E-state index in [9.17, 15) is 28.9 Å². The Morgan fingerprint density at radius 3 is 2.45 bits per heavy atom. The molecule has 1 aromatic heterocycles. The number of nitrogens with one attached hydrogen (secondary N) is 1. The van der Waals surface area contributed by atoms with Crippen LogP contribution in [0.15, 0.2) is 11.0 Å². The number of aromatic nitrogens is 2. The van der Waals surface area contributed by atoms with Gasteiger partial charge in [-0.2, -0.15) is 4.39 Å². The Morgan fingerprint density at radius 2 is 2.00 bits per heavy atom. The number of H-pyrrole nitrogens is 1. The second-order valence-electron chi connectivity index (χ2n) is 4.82. The van der Waals surface area contributed by atoms with Gasteiger partial charge in [0, 0.05) is 5.40 Å². The molecule has 1 aromatic rings. The molecule has 6 radical (unpaired) electrons. The van der Waals surface area contributed by atoms with Crippen LogP contribution in [0.2, 0.25) is 0 Å². The standard InChI is InChI=1S/C9H7B3F2N2O5S/c10-8(16-1-2(13)5(19)15-6(16)22)4(18)3(17)7(14,21-8)9(11,12)20/h1,3-4,17-18,20H,(H,15,19,22)/t3-,4+,7-,8-/m0/s1. The first-order valence-corrected chi connectivity index (χ1v) is 6.11. The number of aliphatic hydroxyl groups excluding tert-OH is 2. The van der Waals surface area contributed by atoms with Crippen LogP contribution in [-0.4, -0.2) is 71.9 Å². The first kappa shape index (κ1) is 17.4. The van der Waals surface area contributed by atoms with Gasteiger partial charge in [-0.15, -0.1) is 0 Å². The van der Waals surface area contributed by atoms with Gasteiger partial charge in [-0.05, 0) is 12.2 Å². The minimum atomic E-state index is -3.61. The van der Waals surface area contributed by atoms with Gasteiger partial charge in [0.2, 0.25) is 5.82 Å². The summed E-state index contributed by atoms with van der Waals surface area (Å²) < 4.78 is 32.4. The molecule has 4 atom stereocenters. The fraction of sp³-hybridized carbons (Fsp3) is 0.556. The van der Waals surface area contributed by atoms with E-state index in [1.54, 1.807) is 0 Å². The molecule has 1 saturated heterocycles. The minimum Gasteiger partial charge on any atom is -0.403 e. The number of hydrogen-bond donors (Lipinski definition) is 4. The third kappa shape index (κ3) is 2.28. The van der Waals surface area contributed by atoms with Gasteiger partial charge in [0.25, 0.3) is 11.4 Å². The van der Waals surface area contributed by atoms with Crippen molar-refractivity contribution in [2.45, 2.75) is 29.1 Å². The summed E-state index contributed by atoms with van der Waals surface area (Å²) in [5.74, 6) is -4.99. The van der Waals surface area contributed by atoms with E-state index in [1.165, 1.54) is 0 Å². The molecular weight excluding hydrogens is 319 g/mol. The van der Waals surface area contributed by atoms with Gasteiger partial charge in [-0.3, -0.25) is 14.3 Å². The molecule has 2 heterocycles. The van der Waals surface area contributed by atoms with Crippen molar-refractivity contribution < 1.29 is 28.8 Å². The van der Waals surface area contributed by atoms with Crippen LogP contribution < -0.4 is 5.56 Å². The predicted molar refractivity (Wildman–Crippen MR) is 73.0 cm³/mol. The maximum Gasteiger partial charge on any atom is 0.287 e. The van der Waals surface area contributed by atoms with Crippen LogP contribution in [0.1, 0.15) is 0 Å². The van der Waals surface area contributed by atoms with E-state index in [1.807, 2.05) is 4.98 Å². The second kappa shape index (κ2) is 5.00. The average Bonchev–Trinajstić information content (AvgIpc) is 2.56. The van der Waals surface area contributed by atoms with Crippen molar-refractivity contribution in [1.82, 2.24) is 9.55 Å². The van der Waals surface area contributed by atoms with Crippen LogP contribution in [-0.2, 0) is 10.4 Å². The molecule has 22 heavy (non-hydrogen) atoms. The normalized spacial score (nSPS) is 35.7. The molecule has 4 N–H and O–H groups in total. The van der Waals surface area contributed by atoms with Gasteiger partial charge in [0.15, 0.2) is 4.77 Å². The highest BCUT2D eigenvalue weighted by Crippen LogP contribution is 2.44. The smallest absolute Gasteiger partial charge is 0.287 e. The molecule has 7 nitrogen and oxygen atoms in total. The van der Waals surface area contributed by atoms with Crippen LogP contribution >= 0.6 is 12.2 Å². The zero-order chi connectivity index (χ0) is 17.1. The van der Waals surface area contributed by atoms with Crippen molar-refractivity contribution in [3.05, 3.63) is 27.1 Å². The number of alkyl halides is 1. The summed E-state index contributed by atoms with van der Waals surface area (Å²) in [4.78, 5) is 12.9. The van der Waals surface area contributed by atoms with Gasteiger partial charge in [-0.1, -0.05) is 0 Å². The molecule has 1 aliphatic rings. The molecule has 112 valence electrons. The average molecular weight is 326 g/mol. The van der Waals surface area contributed by atoms with E-state index < -0.39 is 45.2 Å². The molecule has 13 heteroatoms. The largest absolute Gasteiger partial charge is 0.403 e. The van der Waals surface area contributed by atoms with E-state index in [-0.39, 0.29) is 0 Å². The summed E-state index contributed by atoms with van der Waals surface area (Å²) in [7, 11) is 15.5. The van der Waals surface area contributed by atoms with Crippen molar-refractivity contribution in [1.29, 1.82) is 0 Å². The first-order valence-electron chi connectivity index (χ1n) is 5.71. The lowest BCUT2D eigenvalue weighted by Crippen LogP contribution is -2.59. The Balaban J connectivity index is 2.64. The first-order chi connectivity index (χ1) is 9.84. The summed E-state index contributed by atoms with van der Waals surface area (Å²) in [5.41, 5.74) is -3.90. The van der Waals surface area contributed by atoms with Crippen molar-refractivity contribution in [2.75, 3.05) is 0 Å². The third-order valence-corrected chi connectivity index (χ3v) is 3.54. The summed E-state index contributed by atoms with van der Waals surface area (Å²) in [6.07, 6.45) is -4.35. The van der Waals surface area contributed by atoms with Crippen LogP contribution in [0.3, 0.4) is 0 Å². The number of rotatable bonds is 2. The number of aliphatic hydroxyl groups is 3. The number of halogens is 2. The fourth-order valence-corrected chi connectivity index (χ4v) is 2.29. The monoisotopic (exact) mass is 326 g/mol. The molecule has 0 saturated carbocycles. The topological polar surface area (TPSA) is 108 Å². The van der Waals surface area contributed by atoms with Gasteiger partial charge >= 0.3 is 0 Å². The Morgan fingerprint density at radius 1 is 1.45 bits per heavy atom. The van der Waals surface area contributed by atoms with E-state index in [0.29, 0.717) is 10.8 Å². The van der Waals surface area contributed by atoms with Crippen molar-refractivity contribution in [3.63, 3.8) is 0 Å². The highest BCUT2D eigenvalue weighted by atomic mass is 32.1. The Hall–Kier alpha value is -1.01. The zero-order valence-electron chi connectivity index (χ0n) is 10.7. The van der Waals surface area contributed by atoms with E-state index in [0.717, 1.165) is 0 Å². The lowest BCUT2D eigenvalue weighted by molar-refractivity contribution is -0.243. The molecule has 0 aliphatic carbocycles. The molecule has 1 aliphatic heterocycles. The molecule has 0 amide bonds. The van der Waals surface area contributed by atoms with Gasteiger partial charge in [0.05, 0.1) is 6.20 Å². The summed E-state index contributed by atoms with van der Waals surface area (Å²) in [6, 6.07) is 0. The van der Waals surface area contributed by atoms with Gasteiger partial charge < -0.3 is 20.1 Å². The fourth-order valence-electron chi connectivity index (χ4n) is 2.01. The predicted octanol–water partition coefficient (Wildman–Crippen LogP) is -2.78. The molecule has 0 spiro atoms. The maximum absolute atomic E-state index is 14.5. The quantitative estimate of drug-likeness (QED) is 0.346. The highest BCUT2D eigenvalue weighted by Gasteiger charge is 2.66. The van der Waals surface area contributed by atoms with Crippen molar-refractivity contribution >= 4 is 35.8 Å². The lowest BCUT2D eigenvalue weighted by atomic mass is 9.59. The second-order valence-corrected chi connectivity index (χ2v) is 5.21. The SMILES string of the molecule is [B]C([B])(O)[C@@]1(F)O[C@@]([B])(n2cc(F)c(=O)[nH]c2=S)[C@H](O)[C@@H]1O. The van der Waals surface area contributed by atoms with E-state index >= 15 is 0 Å². The molecule has 2 rings (SSSR count). The summed E-state index contributed by atoms with van der Waals surface area (Å²) >= 11 is 4.71. The summed E-state index contributed by atoms with van der Waals surface area (Å²) in [6.45, 7) is 0. The minimum absolute atomic E-state index is 0.426. The Kier molecular flexibility index (Phi) is 3.94. The van der Waals surface area contributed by atoms with Crippen LogP contribution in [0, 0.1) is 10.6 Å². The lowest BCUT2D eigenvalue weighted by Gasteiger charge is -2.37. The van der Waals surface area contributed by atoms with Crippen molar-refractivity contribution in [2.24, 2.45) is 0 Å². The van der Waals surface area contributed by atoms with Crippen molar-refractivity contribution in [3.8, 4) is 0 Å². The summed E-state index contributed by atoms with van der Waals surface area (Å²) in [5, 5.41) is 25.7. The molecular formula is C9H7B3F2N2O5S. The maximum atomic E-state index is 14.5. The Bertz CT molecular complexity index is 724. The van der Waals surface area contributed by atoms with Crippen LogP contribution in [0.4, 0.5) is 8.78 Å². The van der Waals surface area contributed by atoms with E-state index in [2.05, 4.69) is 4.74 Å². The number of ether oxygens (including phenoxy) is 1. The molecule has 0 bridgehead atoms. The van der Waals surface area contributed by atoms with Gasteiger partial charge in [-0.25, -0.2) is 4.39 Å². The van der Waals surface area contributed by atoms with E-state index in [4.69, 9.17) is 35.8 Å². The Labute approximate surface area is 131 Å². The number of hydrogen-bond acceptors (Lipinski definition) is 6. The number of nitrogens with zero attached hydrogens (tertiary/aromatic N) is 1.